The number of methoxy groups -OCH3 is 2. The number of carboxylic acids is 2. The first kappa shape index (κ1) is 23.6. The van der Waals surface area contributed by atoms with Crippen molar-refractivity contribution in [3.8, 4) is 0 Å². The van der Waals surface area contributed by atoms with Crippen LogP contribution < -0.4 is 10.2 Å². The third-order valence-electron chi connectivity index (χ3n) is 0.333. The minimum absolute atomic E-state index is 0. The van der Waals surface area contributed by atoms with E-state index in [-0.39, 0.29) is 19.5 Å². The Bertz CT molecular complexity index is 154. The molecule has 0 aromatic carbocycles. The molecule has 0 atom stereocenters. The Morgan fingerprint density at radius 3 is 1.00 bits per heavy atom. The standard InChI is InChI=1S/C3H6O3.2C2H4O2.Zn/c1-5-3(4)6-2;2*1-2(3)4;/h1-2H3;2*1H3,(H,3,4);/q;;;+2/p-2. The predicted octanol–water partition coefficient (Wildman–Crippen LogP) is -2.09. The molecular formula is C7H12O7Zn. The van der Waals surface area contributed by atoms with E-state index >= 15 is 0 Å². The van der Waals surface area contributed by atoms with Gasteiger partial charge in [0, 0.05) is 11.9 Å². The topological polar surface area (TPSA) is 116 Å². The Balaban J connectivity index is -0.0000000606. The molecule has 0 aliphatic carbocycles. The van der Waals surface area contributed by atoms with Gasteiger partial charge in [-0.2, -0.15) is 0 Å². The quantitative estimate of drug-likeness (QED) is 0.367. The third-order valence-corrected chi connectivity index (χ3v) is 0.333. The summed E-state index contributed by atoms with van der Waals surface area (Å²) in [6.45, 7) is 1.94. The average Bonchev–Trinajstić information content (AvgIpc) is 2.01. The maximum absolute atomic E-state index is 9.74. The molecule has 0 radical (unpaired) electrons. The molecule has 0 heterocycles. The molecule has 0 saturated heterocycles. The van der Waals surface area contributed by atoms with Gasteiger partial charge in [-0.3, -0.25) is 0 Å². The second-order valence-corrected chi connectivity index (χ2v) is 1.64. The molecule has 0 aliphatic heterocycles. The van der Waals surface area contributed by atoms with Crippen molar-refractivity contribution in [3.05, 3.63) is 0 Å². The molecule has 15 heavy (non-hydrogen) atoms. The van der Waals surface area contributed by atoms with Crippen LogP contribution in [0.25, 0.3) is 0 Å². The number of hydrogen-bond donors (Lipinski definition) is 0. The van der Waals surface area contributed by atoms with Gasteiger partial charge in [-0.05, 0) is 13.8 Å². The Labute approximate surface area is 100 Å². The van der Waals surface area contributed by atoms with E-state index in [2.05, 4.69) is 9.47 Å². The predicted molar refractivity (Wildman–Crippen MR) is 40.8 cm³/mol. The number of rotatable bonds is 0. The van der Waals surface area contributed by atoms with Crippen LogP contribution in [0.3, 0.4) is 0 Å². The molecule has 0 N–H and O–H groups in total. The van der Waals surface area contributed by atoms with Gasteiger partial charge in [-0.15, -0.1) is 0 Å². The molecule has 7 nitrogen and oxygen atoms in total. The van der Waals surface area contributed by atoms with Crippen molar-refractivity contribution in [2.45, 2.75) is 13.8 Å². The molecule has 0 spiro atoms. The van der Waals surface area contributed by atoms with Crippen LogP contribution in [0.1, 0.15) is 13.8 Å². The Hall–Kier alpha value is -1.17. The summed E-state index contributed by atoms with van der Waals surface area (Å²) in [7, 11) is 2.51. The molecule has 84 valence electrons. The summed E-state index contributed by atoms with van der Waals surface area (Å²) < 4.78 is 8.08. The van der Waals surface area contributed by atoms with Crippen LogP contribution in [-0.2, 0) is 38.5 Å². The normalized spacial score (nSPS) is 6.13. The van der Waals surface area contributed by atoms with Gasteiger partial charge in [-0.1, -0.05) is 0 Å². The monoisotopic (exact) mass is 272 g/mol. The summed E-state index contributed by atoms with van der Waals surface area (Å²) in [4.78, 5) is 27.5. The minimum Gasteiger partial charge on any atom is -0.550 e. The number of carboxylic acid groups (broad SMARTS) is 2. The Morgan fingerprint density at radius 2 is 1.00 bits per heavy atom. The molecule has 0 aromatic rings. The summed E-state index contributed by atoms with van der Waals surface area (Å²) in [6.07, 6.45) is -0.657. The van der Waals surface area contributed by atoms with E-state index in [1.807, 2.05) is 0 Å². The molecule has 0 rings (SSSR count). The van der Waals surface area contributed by atoms with Crippen molar-refractivity contribution in [1.82, 2.24) is 0 Å². The fraction of sp³-hybridized carbons (Fsp3) is 0.571. The maximum atomic E-state index is 9.74. The zero-order chi connectivity index (χ0) is 12.1. The van der Waals surface area contributed by atoms with Crippen LogP contribution in [-0.4, -0.2) is 32.3 Å². The van der Waals surface area contributed by atoms with Gasteiger partial charge in [0.05, 0.1) is 14.2 Å². The number of hydrogen-bond acceptors (Lipinski definition) is 7. The molecule has 0 unspecified atom stereocenters. The van der Waals surface area contributed by atoms with Crippen molar-refractivity contribution < 1.29 is 53.5 Å². The van der Waals surface area contributed by atoms with Crippen LogP contribution in [0.5, 0.6) is 0 Å². The fourth-order valence-electron chi connectivity index (χ4n) is 0.0833. The van der Waals surface area contributed by atoms with Gasteiger partial charge in [0.25, 0.3) is 0 Å². The van der Waals surface area contributed by atoms with E-state index in [1.165, 1.54) is 14.2 Å². The first-order valence-corrected chi connectivity index (χ1v) is 3.25. The molecule has 0 bridgehead atoms. The van der Waals surface area contributed by atoms with Gasteiger partial charge in [0.1, 0.15) is 0 Å². The van der Waals surface area contributed by atoms with E-state index in [4.69, 9.17) is 19.8 Å². The second-order valence-electron chi connectivity index (χ2n) is 1.64. The summed E-state index contributed by atoms with van der Waals surface area (Å²) in [5.74, 6) is -2.17. The van der Waals surface area contributed by atoms with Gasteiger partial charge in [0.2, 0.25) is 0 Å². The molecule has 0 aromatic heterocycles. The molecule has 0 fully saturated rings. The van der Waals surface area contributed by atoms with E-state index in [0.717, 1.165) is 13.8 Å². The van der Waals surface area contributed by atoms with Crippen LogP contribution in [0.15, 0.2) is 0 Å². The molecule has 0 amide bonds. The van der Waals surface area contributed by atoms with E-state index in [9.17, 15) is 4.79 Å². The van der Waals surface area contributed by atoms with Crippen LogP contribution in [0.2, 0.25) is 0 Å². The fourth-order valence-corrected chi connectivity index (χ4v) is 0.0833. The number of carbonyl (C=O) groups is 3. The summed E-state index contributed by atoms with van der Waals surface area (Å²) in [6, 6.07) is 0. The van der Waals surface area contributed by atoms with Crippen molar-refractivity contribution in [3.63, 3.8) is 0 Å². The van der Waals surface area contributed by atoms with E-state index in [0.29, 0.717) is 0 Å². The first-order valence-electron chi connectivity index (χ1n) is 3.25. The maximum Gasteiger partial charge on any atom is 2.00 e. The van der Waals surface area contributed by atoms with Gasteiger partial charge >= 0.3 is 25.6 Å². The third kappa shape index (κ3) is 188. The van der Waals surface area contributed by atoms with Crippen LogP contribution in [0, 0.1) is 0 Å². The zero-order valence-corrected chi connectivity index (χ0v) is 12.0. The van der Waals surface area contributed by atoms with Gasteiger partial charge in [0.15, 0.2) is 0 Å². The van der Waals surface area contributed by atoms with E-state index < -0.39 is 18.1 Å². The Morgan fingerprint density at radius 1 is 0.867 bits per heavy atom. The Kier molecular flexibility index (Phi) is 29.2. The number of aliphatic carboxylic acids is 2. The van der Waals surface area contributed by atoms with Crippen molar-refractivity contribution in [2.24, 2.45) is 0 Å². The second kappa shape index (κ2) is 18.6. The summed E-state index contributed by atoms with van der Waals surface area (Å²) >= 11 is 0. The largest absolute Gasteiger partial charge is 2.00 e. The minimum atomic E-state index is -1.08. The molecule has 0 saturated carbocycles. The number of ether oxygens (including phenoxy) is 2. The van der Waals surface area contributed by atoms with Gasteiger partial charge in [-0.25, -0.2) is 4.79 Å². The molecular weight excluding hydrogens is 261 g/mol. The van der Waals surface area contributed by atoms with Crippen molar-refractivity contribution >= 4 is 18.1 Å². The smallest absolute Gasteiger partial charge is 0.550 e. The number of carbonyl (C=O) groups excluding carboxylic acids is 3. The zero-order valence-electron chi connectivity index (χ0n) is 9.06. The van der Waals surface area contributed by atoms with Crippen molar-refractivity contribution in [1.29, 1.82) is 0 Å². The van der Waals surface area contributed by atoms with Gasteiger partial charge < -0.3 is 29.3 Å². The van der Waals surface area contributed by atoms with Crippen molar-refractivity contribution in [2.75, 3.05) is 14.2 Å². The molecule has 8 heteroatoms. The van der Waals surface area contributed by atoms with Crippen LogP contribution in [0.4, 0.5) is 4.79 Å². The summed E-state index contributed by atoms with van der Waals surface area (Å²) in [5.41, 5.74) is 0. The van der Waals surface area contributed by atoms with Crippen LogP contribution >= 0.6 is 0 Å². The first-order chi connectivity index (χ1) is 6.27. The average molecular weight is 274 g/mol. The summed E-state index contributed by atoms with van der Waals surface area (Å²) in [5, 5.41) is 17.8. The van der Waals surface area contributed by atoms with E-state index in [1.54, 1.807) is 0 Å². The SMILES string of the molecule is CC(=O)[O-].CC(=O)[O-].COC(=O)OC.[Zn+2]. The molecule has 0 aliphatic rings.